The summed E-state index contributed by atoms with van der Waals surface area (Å²) in [5.74, 6) is 0.698. The molecule has 0 bridgehead atoms. The molecular weight excluding hydrogens is 364 g/mol. The summed E-state index contributed by atoms with van der Waals surface area (Å²) >= 11 is 0. The molecule has 6 nitrogen and oxygen atoms in total. The maximum absolute atomic E-state index is 13.5. The summed E-state index contributed by atoms with van der Waals surface area (Å²) in [5.41, 5.74) is 3.70. The number of hydrogen-bond acceptors (Lipinski definition) is 5. The van der Waals surface area contributed by atoms with E-state index in [1.807, 2.05) is 67.6 Å². The zero-order chi connectivity index (χ0) is 20.2. The van der Waals surface area contributed by atoms with Crippen molar-refractivity contribution in [1.82, 2.24) is 14.5 Å². The zero-order valence-electron chi connectivity index (χ0n) is 16.9. The number of benzene rings is 2. The summed E-state index contributed by atoms with van der Waals surface area (Å²) < 4.78 is 7.05. The standard InChI is InChI=1S/C23H26N4O2/c1-18-21(15-19-9-5-3-6-10-19)22(28)27-17-25(13-14-29-2)16-26(23(27)24-18)20-11-7-4-8-12-20/h3-12H,13-17H2,1-2H3. The number of aryl methyl sites for hydroxylation is 1. The van der Waals surface area contributed by atoms with Crippen molar-refractivity contribution < 1.29 is 4.74 Å². The average Bonchev–Trinajstić information content (AvgIpc) is 2.76. The molecule has 0 N–H and O–H groups in total. The molecule has 0 amide bonds. The Kier molecular flexibility index (Phi) is 5.74. The lowest BCUT2D eigenvalue weighted by Gasteiger charge is -2.38. The van der Waals surface area contributed by atoms with Gasteiger partial charge < -0.3 is 4.74 Å². The minimum absolute atomic E-state index is 0.0272. The Labute approximate surface area is 171 Å². The van der Waals surface area contributed by atoms with Gasteiger partial charge in [-0.15, -0.1) is 0 Å². The molecule has 6 heteroatoms. The molecule has 0 spiro atoms. The maximum atomic E-state index is 13.5. The third-order valence-corrected chi connectivity index (χ3v) is 5.28. The molecule has 4 rings (SSSR count). The lowest BCUT2D eigenvalue weighted by atomic mass is 10.1. The first-order chi connectivity index (χ1) is 14.2. The van der Waals surface area contributed by atoms with Crippen molar-refractivity contribution in [2.45, 2.75) is 20.0 Å². The van der Waals surface area contributed by atoms with Gasteiger partial charge in [-0.05, 0) is 24.6 Å². The maximum Gasteiger partial charge on any atom is 0.259 e. The van der Waals surface area contributed by atoms with Gasteiger partial charge in [-0.25, -0.2) is 4.98 Å². The van der Waals surface area contributed by atoms with Gasteiger partial charge >= 0.3 is 0 Å². The van der Waals surface area contributed by atoms with Crippen LogP contribution >= 0.6 is 0 Å². The van der Waals surface area contributed by atoms with E-state index in [2.05, 4.69) is 9.80 Å². The second-order valence-corrected chi connectivity index (χ2v) is 7.30. The fourth-order valence-corrected chi connectivity index (χ4v) is 3.70. The van der Waals surface area contributed by atoms with Crippen molar-refractivity contribution in [3.8, 4) is 0 Å². The number of aromatic nitrogens is 2. The molecule has 0 saturated heterocycles. The minimum atomic E-state index is 0.0272. The van der Waals surface area contributed by atoms with Gasteiger partial charge in [-0.2, -0.15) is 0 Å². The number of anilines is 2. The van der Waals surface area contributed by atoms with E-state index in [-0.39, 0.29) is 5.56 Å². The Morgan fingerprint density at radius 2 is 1.69 bits per heavy atom. The molecule has 0 fully saturated rings. The summed E-state index contributed by atoms with van der Waals surface area (Å²) in [5, 5.41) is 0. The molecule has 0 aliphatic carbocycles. The zero-order valence-corrected chi connectivity index (χ0v) is 16.9. The Balaban J connectivity index is 1.77. The number of rotatable bonds is 6. The van der Waals surface area contributed by atoms with Gasteiger partial charge in [0.25, 0.3) is 5.56 Å². The van der Waals surface area contributed by atoms with Crippen LogP contribution in [0.15, 0.2) is 65.5 Å². The van der Waals surface area contributed by atoms with Crippen LogP contribution in [-0.4, -0.2) is 41.4 Å². The van der Waals surface area contributed by atoms with E-state index in [0.717, 1.165) is 29.1 Å². The summed E-state index contributed by atoms with van der Waals surface area (Å²) in [6, 6.07) is 20.2. The van der Waals surface area contributed by atoms with Crippen LogP contribution in [0.2, 0.25) is 0 Å². The second-order valence-electron chi connectivity index (χ2n) is 7.30. The van der Waals surface area contributed by atoms with Crippen LogP contribution in [0.3, 0.4) is 0 Å². The Hall–Kier alpha value is -2.96. The molecule has 1 aromatic heterocycles. The summed E-state index contributed by atoms with van der Waals surface area (Å²) in [7, 11) is 1.70. The highest BCUT2D eigenvalue weighted by molar-refractivity contribution is 5.58. The van der Waals surface area contributed by atoms with Crippen molar-refractivity contribution in [2.24, 2.45) is 0 Å². The van der Waals surface area contributed by atoms with Gasteiger partial charge in [-0.3, -0.25) is 19.2 Å². The lowest BCUT2D eigenvalue weighted by Crippen LogP contribution is -2.48. The highest BCUT2D eigenvalue weighted by Gasteiger charge is 2.27. The molecule has 0 atom stereocenters. The second kappa shape index (κ2) is 8.59. The first-order valence-electron chi connectivity index (χ1n) is 9.85. The number of nitrogens with zero attached hydrogens (tertiary/aromatic N) is 4. The van der Waals surface area contributed by atoms with Crippen LogP contribution in [0.1, 0.15) is 16.8 Å². The van der Waals surface area contributed by atoms with Crippen LogP contribution in [-0.2, 0) is 17.8 Å². The molecule has 150 valence electrons. The van der Waals surface area contributed by atoms with E-state index < -0.39 is 0 Å². The SMILES string of the molecule is COCCN1CN(c2ccccc2)c2nc(C)c(Cc3ccccc3)c(=O)n2C1. The lowest BCUT2D eigenvalue weighted by molar-refractivity contribution is 0.121. The van der Waals surface area contributed by atoms with Crippen molar-refractivity contribution in [1.29, 1.82) is 0 Å². The third kappa shape index (κ3) is 4.09. The Morgan fingerprint density at radius 1 is 1.00 bits per heavy atom. The molecule has 2 heterocycles. The first kappa shape index (κ1) is 19.4. The Bertz CT molecular complexity index is 1020. The van der Waals surface area contributed by atoms with Crippen molar-refractivity contribution in [3.63, 3.8) is 0 Å². The number of ether oxygens (including phenoxy) is 1. The number of fused-ring (bicyclic) bond motifs is 1. The predicted molar refractivity (Wildman–Crippen MR) is 115 cm³/mol. The van der Waals surface area contributed by atoms with Gasteiger partial charge in [0.2, 0.25) is 5.95 Å². The third-order valence-electron chi connectivity index (χ3n) is 5.28. The number of methoxy groups -OCH3 is 1. The van der Waals surface area contributed by atoms with E-state index in [1.165, 1.54) is 0 Å². The molecule has 29 heavy (non-hydrogen) atoms. The van der Waals surface area contributed by atoms with Crippen LogP contribution in [0.5, 0.6) is 0 Å². The van der Waals surface area contributed by atoms with Crippen LogP contribution in [0.4, 0.5) is 11.6 Å². The van der Waals surface area contributed by atoms with Crippen molar-refractivity contribution in [2.75, 3.05) is 31.8 Å². The van der Waals surface area contributed by atoms with Crippen LogP contribution in [0.25, 0.3) is 0 Å². The molecule has 0 unspecified atom stereocenters. The van der Waals surface area contributed by atoms with E-state index in [1.54, 1.807) is 11.7 Å². The van der Waals surface area contributed by atoms with Crippen LogP contribution < -0.4 is 10.5 Å². The highest BCUT2D eigenvalue weighted by Crippen LogP contribution is 2.27. The predicted octanol–water partition coefficient (Wildman–Crippen LogP) is 3.16. The Morgan fingerprint density at radius 3 is 2.38 bits per heavy atom. The van der Waals surface area contributed by atoms with Crippen molar-refractivity contribution >= 4 is 11.6 Å². The van der Waals surface area contributed by atoms with Gasteiger partial charge in [0.15, 0.2) is 0 Å². The summed E-state index contributed by atoms with van der Waals surface area (Å²) in [4.78, 5) is 22.6. The molecule has 3 aromatic rings. The van der Waals surface area contributed by atoms with Gasteiger partial charge in [0.05, 0.1) is 25.6 Å². The molecule has 1 aliphatic rings. The molecular formula is C23H26N4O2. The summed E-state index contributed by atoms with van der Waals surface area (Å²) in [6.07, 6.45) is 0.586. The average molecular weight is 390 g/mol. The monoisotopic (exact) mass is 390 g/mol. The van der Waals surface area contributed by atoms with E-state index in [4.69, 9.17) is 9.72 Å². The topological polar surface area (TPSA) is 50.6 Å². The normalized spacial score (nSPS) is 14.1. The largest absolute Gasteiger partial charge is 0.383 e. The molecule has 2 aromatic carbocycles. The minimum Gasteiger partial charge on any atom is -0.383 e. The number of para-hydroxylation sites is 1. The fourth-order valence-electron chi connectivity index (χ4n) is 3.70. The quantitative estimate of drug-likeness (QED) is 0.647. The van der Waals surface area contributed by atoms with Gasteiger partial charge in [-0.1, -0.05) is 48.5 Å². The van der Waals surface area contributed by atoms with Gasteiger partial charge in [0.1, 0.15) is 0 Å². The highest BCUT2D eigenvalue weighted by atomic mass is 16.5. The fraction of sp³-hybridized carbons (Fsp3) is 0.304. The van der Waals surface area contributed by atoms with E-state index in [9.17, 15) is 4.79 Å². The van der Waals surface area contributed by atoms with Gasteiger partial charge in [0, 0.05) is 31.3 Å². The molecule has 1 aliphatic heterocycles. The first-order valence-corrected chi connectivity index (χ1v) is 9.85. The smallest absolute Gasteiger partial charge is 0.259 e. The molecule has 0 radical (unpaired) electrons. The van der Waals surface area contributed by atoms with Crippen molar-refractivity contribution in [3.05, 3.63) is 87.8 Å². The molecule has 0 saturated carbocycles. The van der Waals surface area contributed by atoms with Crippen LogP contribution in [0, 0.1) is 6.92 Å². The van der Waals surface area contributed by atoms with E-state index >= 15 is 0 Å². The summed E-state index contributed by atoms with van der Waals surface area (Å²) in [6.45, 7) is 4.46. The van der Waals surface area contributed by atoms with E-state index in [0.29, 0.717) is 32.3 Å². The number of hydrogen-bond donors (Lipinski definition) is 0.